The lowest BCUT2D eigenvalue weighted by Gasteiger charge is -2.10. The van der Waals surface area contributed by atoms with Gasteiger partial charge >= 0.3 is 6.03 Å². The van der Waals surface area contributed by atoms with Gasteiger partial charge in [0.15, 0.2) is 0 Å². The van der Waals surface area contributed by atoms with Crippen LogP contribution in [-0.4, -0.2) is 21.1 Å². The Morgan fingerprint density at radius 3 is 2.74 bits per heavy atom. The summed E-state index contributed by atoms with van der Waals surface area (Å²) in [5.41, 5.74) is 3.55. The van der Waals surface area contributed by atoms with Crippen LogP contribution in [0.25, 0.3) is 0 Å². The number of urea groups is 1. The van der Waals surface area contributed by atoms with E-state index in [-0.39, 0.29) is 12.3 Å². The van der Waals surface area contributed by atoms with E-state index < -0.39 is 12.0 Å². The van der Waals surface area contributed by atoms with Crippen molar-refractivity contribution in [2.75, 3.05) is 10.6 Å². The molecule has 2 amide bonds. The van der Waals surface area contributed by atoms with Crippen LogP contribution in [0.15, 0.2) is 54.9 Å². The van der Waals surface area contributed by atoms with Crippen LogP contribution in [0.5, 0.6) is 0 Å². The molecule has 31 heavy (non-hydrogen) atoms. The Kier molecular flexibility index (Phi) is 7.31. The summed E-state index contributed by atoms with van der Waals surface area (Å²) in [5.74, 6) is 5.91. The predicted octanol–water partition coefficient (Wildman–Crippen LogP) is 4.35. The molecule has 0 unspecified atom stereocenters. The van der Waals surface area contributed by atoms with E-state index in [4.69, 9.17) is 0 Å². The van der Waals surface area contributed by atoms with E-state index in [0.717, 1.165) is 18.1 Å². The van der Waals surface area contributed by atoms with Crippen molar-refractivity contribution in [3.63, 3.8) is 0 Å². The van der Waals surface area contributed by atoms with Crippen LogP contribution in [0.1, 0.15) is 36.2 Å². The highest BCUT2D eigenvalue weighted by Gasteiger charge is 2.09. The van der Waals surface area contributed by atoms with E-state index in [9.17, 15) is 14.3 Å². The molecule has 0 aliphatic rings. The minimum absolute atomic E-state index is 0.142. The van der Waals surface area contributed by atoms with Gasteiger partial charge in [-0.15, -0.1) is 0 Å². The standard InChI is InChI=1S/C24H23FN4O2/c1-16(2)10-18-5-3-4-17(11-18)6-7-20-12-21(8-9-26-20)28-24(31)29-22-13-23(25)27-14-19(22)15-30/h3-5,8-9,11-14,16,30H,10,15H2,1-2H3,(H2,26,27,28,29,31). The summed E-state index contributed by atoms with van der Waals surface area (Å²) < 4.78 is 13.3. The van der Waals surface area contributed by atoms with Crippen LogP contribution in [-0.2, 0) is 13.0 Å². The maximum Gasteiger partial charge on any atom is 0.323 e. The molecule has 0 fully saturated rings. The number of aliphatic hydroxyl groups is 1. The van der Waals surface area contributed by atoms with Crippen molar-refractivity contribution in [3.8, 4) is 11.8 Å². The lowest BCUT2D eigenvalue weighted by Crippen LogP contribution is -2.20. The molecule has 3 rings (SSSR count). The molecule has 158 valence electrons. The zero-order valence-corrected chi connectivity index (χ0v) is 17.3. The minimum Gasteiger partial charge on any atom is -0.392 e. The molecule has 6 nitrogen and oxygen atoms in total. The first-order valence-electron chi connectivity index (χ1n) is 9.83. The summed E-state index contributed by atoms with van der Waals surface area (Å²) in [7, 11) is 0. The minimum atomic E-state index is -0.758. The molecule has 3 N–H and O–H groups in total. The smallest absolute Gasteiger partial charge is 0.323 e. The molecule has 0 aliphatic carbocycles. The Balaban J connectivity index is 1.70. The SMILES string of the molecule is CC(C)Cc1cccc(C#Cc2cc(NC(=O)Nc3cc(F)ncc3CO)ccn2)c1. The number of hydrogen-bond donors (Lipinski definition) is 3. The topological polar surface area (TPSA) is 87.1 Å². The number of anilines is 2. The molecule has 2 heterocycles. The van der Waals surface area contributed by atoms with E-state index >= 15 is 0 Å². The van der Waals surface area contributed by atoms with Crippen molar-refractivity contribution in [2.24, 2.45) is 5.92 Å². The van der Waals surface area contributed by atoms with Crippen molar-refractivity contribution >= 4 is 17.4 Å². The fourth-order valence-electron chi connectivity index (χ4n) is 2.95. The largest absolute Gasteiger partial charge is 0.392 e. The number of aromatic nitrogens is 2. The number of carbonyl (C=O) groups is 1. The number of hydrogen-bond acceptors (Lipinski definition) is 4. The van der Waals surface area contributed by atoms with Crippen LogP contribution in [0.3, 0.4) is 0 Å². The molecular weight excluding hydrogens is 395 g/mol. The Morgan fingerprint density at radius 1 is 1.13 bits per heavy atom. The van der Waals surface area contributed by atoms with E-state index in [1.54, 1.807) is 18.3 Å². The van der Waals surface area contributed by atoms with Gasteiger partial charge in [-0.2, -0.15) is 4.39 Å². The summed E-state index contributed by atoms with van der Waals surface area (Å²) in [6.07, 6.45) is 3.70. The van der Waals surface area contributed by atoms with Crippen molar-refractivity contribution in [2.45, 2.75) is 26.9 Å². The van der Waals surface area contributed by atoms with Crippen molar-refractivity contribution in [1.82, 2.24) is 9.97 Å². The van der Waals surface area contributed by atoms with E-state index in [1.165, 1.54) is 11.8 Å². The molecule has 7 heteroatoms. The molecule has 0 saturated heterocycles. The van der Waals surface area contributed by atoms with Gasteiger partial charge in [-0.05, 0) is 48.1 Å². The number of aliphatic hydroxyl groups excluding tert-OH is 1. The van der Waals surface area contributed by atoms with Gasteiger partial charge < -0.3 is 15.7 Å². The van der Waals surface area contributed by atoms with Crippen molar-refractivity contribution in [3.05, 3.63) is 83.2 Å². The molecule has 0 atom stereocenters. The highest BCUT2D eigenvalue weighted by Crippen LogP contribution is 2.16. The van der Waals surface area contributed by atoms with E-state index in [1.807, 2.05) is 12.1 Å². The Hall–Kier alpha value is -3.76. The van der Waals surface area contributed by atoms with Crippen molar-refractivity contribution in [1.29, 1.82) is 0 Å². The second kappa shape index (κ2) is 10.3. The quantitative estimate of drug-likeness (QED) is 0.425. The molecule has 0 bridgehead atoms. The van der Waals surface area contributed by atoms with Crippen LogP contribution in [0, 0.1) is 23.7 Å². The monoisotopic (exact) mass is 418 g/mol. The zero-order chi connectivity index (χ0) is 22.2. The van der Waals surface area contributed by atoms with Crippen molar-refractivity contribution < 1.29 is 14.3 Å². The molecule has 0 saturated carbocycles. The van der Waals surface area contributed by atoms with Gasteiger partial charge in [0.05, 0.1) is 12.3 Å². The summed E-state index contributed by atoms with van der Waals surface area (Å²) >= 11 is 0. The summed E-state index contributed by atoms with van der Waals surface area (Å²) in [6, 6.07) is 11.8. The normalized spacial score (nSPS) is 10.4. The molecule has 3 aromatic rings. The molecule has 0 spiro atoms. The molecule has 2 aromatic heterocycles. The maximum atomic E-state index is 13.3. The zero-order valence-electron chi connectivity index (χ0n) is 17.3. The number of pyridine rings is 2. The first-order chi connectivity index (χ1) is 14.9. The lowest BCUT2D eigenvalue weighted by molar-refractivity contribution is 0.262. The number of halogens is 1. The van der Waals surface area contributed by atoms with Crippen LogP contribution in [0.2, 0.25) is 0 Å². The highest BCUT2D eigenvalue weighted by molar-refractivity contribution is 6.00. The lowest BCUT2D eigenvalue weighted by atomic mass is 10.0. The Labute approximate surface area is 180 Å². The van der Waals surface area contributed by atoms with Crippen LogP contribution in [0.4, 0.5) is 20.6 Å². The average molecular weight is 418 g/mol. The van der Waals surface area contributed by atoms with Crippen LogP contribution >= 0.6 is 0 Å². The fourth-order valence-corrected chi connectivity index (χ4v) is 2.95. The van der Waals surface area contributed by atoms with Gasteiger partial charge in [-0.3, -0.25) is 0 Å². The second-order valence-electron chi connectivity index (χ2n) is 7.38. The van der Waals surface area contributed by atoms with Gasteiger partial charge in [-0.1, -0.05) is 31.9 Å². The average Bonchev–Trinajstić information content (AvgIpc) is 2.72. The predicted molar refractivity (Wildman–Crippen MR) is 118 cm³/mol. The number of rotatable bonds is 5. The Bertz CT molecular complexity index is 1140. The molecule has 1 aromatic carbocycles. The molecule has 0 radical (unpaired) electrons. The summed E-state index contributed by atoms with van der Waals surface area (Å²) in [6.45, 7) is 3.97. The first kappa shape index (κ1) is 21.9. The third kappa shape index (κ3) is 6.63. The first-order valence-corrected chi connectivity index (χ1v) is 9.83. The van der Waals surface area contributed by atoms with E-state index in [0.29, 0.717) is 22.9 Å². The maximum absolute atomic E-state index is 13.3. The van der Waals surface area contributed by atoms with Gasteiger partial charge in [0.1, 0.15) is 5.69 Å². The number of benzene rings is 1. The number of amides is 2. The third-order valence-electron chi connectivity index (χ3n) is 4.30. The Morgan fingerprint density at radius 2 is 1.97 bits per heavy atom. The number of nitrogens with zero attached hydrogens (tertiary/aromatic N) is 2. The van der Waals surface area contributed by atoms with Gasteiger partial charge in [-0.25, -0.2) is 14.8 Å². The highest BCUT2D eigenvalue weighted by atomic mass is 19.1. The summed E-state index contributed by atoms with van der Waals surface area (Å²) in [5, 5.41) is 14.5. The van der Waals surface area contributed by atoms with Crippen LogP contribution < -0.4 is 10.6 Å². The second-order valence-corrected chi connectivity index (χ2v) is 7.38. The third-order valence-corrected chi connectivity index (χ3v) is 4.30. The number of carbonyl (C=O) groups excluding carboxylic acids is 1. The molecule has 0 aliphatic heterocycles. The van der Waals surface area contributed by atoms with Gasteiger partial charge in [0, 0.05) is 35.3 Å². The van der Waals surface area contributed by atoms with Gasteiger partial charge in [0.25, 0.3) is 0 Å². The number of nitrogens with one attached hydrogen (secondary N) is 2. The molecular formula is C24H23FN4O2. The van der Waals surface area contributed by atoms with Gasteiger partial charge in [0.2, 0.25) is 5.95 Å². The summed E-state index contributed by atoms with van der Waals surface area (Å²) in [4.78, 5) is 19.9. The van der Waals surface area contributed by atoms with E-state index in [2.05, 4.69) is 58.4 Å². The fraction of sp³-hybridized carbons (Fsp3) is 0.208.